The topological polar surface area (TPSA) is 57.5 Å². The van der Waals surface area contributed by atoms with E-state index in [0.717, 1.165) is 0 Å². The maximum Gasteiger partial charge on any atom is 0.314 e. The van der Waals surface area contributed by atoms with Crippen LogP contribution >= 0.6 is 12.6 Å². The summed E-state index contributed by atoms with van der Waals surface area (Å²) in [5.41, 5.74) is 0. The lowest BCUT2D eigenvalue weighted by atomic mass is 10.1. The van der Waals surface area contributed by atoms with Gasteiger partial charge < -0.3 is 10.2 Å². The molecule has 0 heterocycles. The highest BCUT2D eigenvalue weighted by molar-refractivity contribution is 7.80. The molecule has 2 N–H and O–H groups in total. The van der Waals surface area contributed by atoms with Crippen LogP contribution in [0.4, 0.5) is 0 Å². The van der Waals surface area contributed by atoms with Crippen LogP contribution < -0.4 is 0 Å². The monoisotopic (exact) mass is 162 g/mol. The molecule has 0 saturated carbocycles. The molecule has 4 heteroatoms. The molecule has 1 atom stereocenters. The Balaban J connectivity index is 3.98. The smallest absolute Gasteiger partial charge is 0.314 e. The van der Waals surface area contributed by atoms with Gasteiger partial charge in [0.05, 0.1) is 5.76 Å². The van der Waals surface area contributed by atoms with Gasteiger partial charge in [0.1, 0.15) is 5.92 Å². The number of thiol groups is 1. The summed E-state index contributed by atoms with van der Waals surface area (Å²) < 4.78 is 0. The van der Waals surface area contributed by atoms with Crippen LogP contribution in [-0.2, 0) is 4.79 Å². The molecule has 0 radical (unpaired) electrons. The van der Waals surface area contributed by atoms with E-state index in [2.05, 4.69) is 19.2 Å². The maximum absolute atomic E-state index is 10.3. The van der Waals surface area contributed by atoms with Crippen LogP contribution in [0.5, 0.6) is 0 Å². The number of carboxylic acids is 1. The van der Waals surface area contributed by atoms with Crippen molar-refractivity contribution in [1.29, 1.82) is 0 Å². The SMILES string of the molecule is C=C(O)C(CCS)C(=O)O. The minimum absolute atomic E-state index is 0.304. The predicted octanol–water partition coefficient (Wildman–Crippen LogP) is 1.08. The van der Waals surface area contributed by atoms with E-state index in [0.29, 0.717) is 12.2 Å². The molecular formula is C6H10O3S. The number of carboxylic acid groups (broad SMARTS) is 1. The minimum atomic E-state index is -1.05. The van der Waals surface area contributed by atoms with E-state index < -0.39 is 11.9 Å². The van der Waals surface area contributed by atoms with E-state index >= 15 is 0 Å². The third-order valence-electron chi connectivity index (χ3n) is 1.12. The van der Waals surface area contributed by atoms with Crippen molar-refractivity contribution in [3.05, 3.63) is 12.3 Å². The fourth-order valence-electron chi connectivity index (χ4n) is 0.562. The van der Waals surface area contributed by atoms with E-state index in [-0.39, 0.29) is 5.76 Å². The first-order chi connectivity index (χ1) is 4.59. The Hall–Kier alpha value is -0.640. The normalized spacial score (nSPS) is 12.5. The zero-order valence-corrected chi connectivity index (χ0v) is 6.34. The van der Waals surface area contributed by atoms with Gasteiger partial charge in [-0.05, 0) is 12.2 Å². The van der Waals surface area contributed by atoms with Crippen molar-refractivity contribution < 1.29 is 15.0 Å². The molecule has 0 spiro atoms. The van der Waals surface area contributed by atoms with E-state index in [1.807, 2.05) is 0 Å². The van der Waals surface area contributed by atoms with E-state index in [1.54, 1.807) is 0 Å². The lowest BCUT2D eigenvalue weighted by Crippen LogP contribution is -2.15. The van der Waals surface area contributed by atoms with Gasteiger partial charge in [0.15, 0.2) is 0 Å². The Labute approximate surface area is 64.8 Å². The fourth-order valence-corrected chi connectivity index (χ4v) is 0.820. The molecule has 0 aromatic carbocycles. The second-order valence-electron chi connectivity index (χ2n) is 1.89. The van der Waals surface area contributed by atoms with Gasteiger partial charge in [-0.25, -0.2) is 0 Å². The van der Waals surface area contributed by atoms with Gasteiger partial charge in [0, 0.05) is 0 Å². The molecule has 58 valence electrons. The van der Waals surface area contributed by atoms with Gasteiger partial charge >= 0.3 is 5.97 Å². The van der Waals surface area contributed by atoms with Crippen molar-refractivity contribution in [2.75, 3.05) is 5.75 Å². The van der Waals surface area contributed by atoms with Crippen molar-refractivity contribution in [1.82, 2.24) is 0 Å². The van der Waals surface area contributed by atoms with Crippen molar-refractivity contribution in [2.45, 2.75) is 6.42 Å². The molecule has 0 aromatic rings. The minimum Gasteiger partial charge on any atom is -0.512 e. The molecule has 0 fully saturated rings. The van der Waals surface area contributed by atoms with Gasteiger partial charge in [-0.3, -0.25) is 4.79 Å². The zero-order valence-electron chi connectivity index (χ0n) is 5.45. The number of aliphatic carboxylic acids is 1. The van der Waals surface area contributed by atoms with Crippen LogP contribution in [0.1, 0.15) is 6.42 Å². The number of carbonyl (C=O) groups is 1. The van der Waals surface area contributed by atoms with E-state index in [9.17, 15) is 4.79 Å². The van der Waals surface area contributed by atoms with Gasteiger partial charge in [0.25, 0.3) is 0 Å². The first-order valence-electron chi connectivity index (χ1n) is 2.81. The molecule has 0 amide bonds. The van der Waals surface area contributed by atoms with Crippen LogP contribution in [0, 0.1) is 5.92 Å². The highest BCUT2D eigenvalue weighted by atomic mass is 32.1. The summed E-state index contributed by atoms with van der Waals surface area (Å²) >= 11 is 3.83. The van der Waals surface area contributed by atoms with Crippen LogP contribution in [0.15, 0.2) is 12.3 Å². The molecule has 1 unspecified atom stereocenters. The van der Waals surface area contributed by atoms with Crippen LogP contribution in [0.25, 0.3) is 0 Å². The summed E-state index contributed by atoms with van der Waals surface area (Å²) in [6.45, 7) is 3.14. The van der Waals surface area contributed by atoms with Crippen molar-refractivity contribution in [2.24, 2.45) is 5.92 Å². The molecule has 0 saturated heterocycles. The highest BCUT2D eigenvalue weighted by Gasteiger charge is 2.18. The molecule has 10 heavy (non-hydrogen) atoms. The Morgan fingerprint density at radius 3 is 2.20 bits per heavy atom. The van der Waals surface area contributed by atoms with Crippen LogP contribution in [0.2, 0.25) is 0 Å². The Bertz CT molecular complexity index is 130. The first kappa shape index (κ1) is 9.36. The highest BCUT2D eigenvalue weighted by Crippen LogP contribution is 2.11. The lowest BCUT2D eigenvalue weighted by Gasteiger charge is -2.07. The second-order valence-corrected chi connectivity index (χ2v) is 2.34. The van der Waals surface area contributed by atoms with Crippen molar-refractivity contribution in [3.8, 4) is 0 Å². The van der Waals surface area contributed by atoms with Gasteiger partial charge in [-0.15, -0.1) is 0 Å². The number of aliphatic hydroxyl groups excluding tert-OH is 1. The predicted molar refractivity (Wildman–Crippen MR) is 41.4 cm³/mol. The average molecular weight is 162 g/mol. The molecule has 0 aliphatic carbocycles. The Morgan fingerprint density at radius 2 is 2.10 bits per heavy atom. The summed E-state index contributed by atoms with van der Waals surface area (Å²) in [7, 11) is 0. The lowest BCUT2D eigenvalue weighted by molar-refractivity contribution is -0.141. The van der Waals surface area contributed by atoms with Gasteiger partial charge in [-0.1, -0.05) is 6.58 Å². The summed E-state index contributed by atoms with van der Waals surface area (Å²) in [6, 6.07) is 0. The summed E-state index contributed by atoms with van der Waals surface area (Å²) in [5, 5.41) is 17.1. The number of hydrogen-bond donors (Lipinski definition) is 3. The van der Waals surface area contributed by atoms with E-state index in [4.69, 9.17) is 10.2 Å². The van der Waals surface area contributed by atoms with E-state index in [1.165, 1.54) is 0 Å². The third kappa shape index (κ3) is 2.77. The molecule has 0 rings (SSSR count). The molecule has 3 nitrogen and oxygen atoms in total. The van der Waals surface area contributed by atoms with Crippen molar-refractivity contribution >= 4 is 18.6 Å². The molecule has 0 bridgehead atoms. The number of hydrogen-bond acceptors (Lipinski definition) is 3. The number of rotatable bonds is 4. The molecule has 0 aliphatic rings. The van der Waals surface area contributed by atoms with Crippen molar-refractivity contribution in [3.63, 3.8) is 0 Å². The zero-order chi connectivity index (χ0) is 8.15. The largest absolute Gasteiger partial charge is 0.512 e. The average Bonchev–Trinajstić information content (AvgIpc) is 1.81. The van der Waals surface area contributed by atoms with Crippen LogP contribution in [-0.4, -0.2) is 21.9 Å². The Kier molecular flexibility index (Phi) is 3.95. The fraction of sp³-hybridized carbons (Fsp3) is 0.500. The quantitative estimate of drug-likeness (QED) is 0.428. The first-order valence-corrected chi connectivity index (χ1v) is 3.44. The van der Waals surface area contributed by atoms with Gasteiger partial charge in [0.2, 0.25) is 0 Å². The summed E-state index contributed by atoms with van der Waals surface area (Å²) in [4.78, 5) is 10.3. The summed E-state index contributed by atoms with van der Waals surface area (Å²) in [5.74, 6) is -1.79. The summed E-state index contributed by atoms with van der Waals surface area (Å²) in [6.07, 6.45) is 0.313. The maximum atomic E-state index is 10.3. The molecule has 0 aliphatic heterocycles. The number of aliphatic hydroxyl groups is 1. The molecule has 0 aromatic heterocycles. The second kappa shape index (κ2) is 4.22. The van der Waals surface area contributed by atoms with Crippen LogP contribution in [0.3, 0.4) is 0 Å². The molecular weight excluding hydrogens is 152 g/mol. The third-order valence-corrected chi connectivity index (χ3v) is 1.38. The van der Waals surface area contributed by atoms with Gasteiger partial charge in [-0.2, -0.15) is 12.6 Å². The standard InChI is InChI=1S/C6H10O3S/c1-4(7)5(2-3-10)6(8)9/h5,7,10H,1-3H2,(H,8,9). The Morgan fingerprint density at radius 1 is 1.60 bits per heavy atom.